The number of para-hydroxylation sites is 1. The van der Waals surface area contributed by atoms with Crippen LogP contribution in [0.15, 0.2) is 79.0 Å². The Hall–Kier alpha value is -4.50. The third kappa shape index (κ3) is 7.00. The third-order valence-electron chi connectivity index (χ3n) is 9.97. The van der Waals surface area contributed by atoms with E-state index in [1.54, 1.807) is 0 Å². The molecule has 0 bridgehead atoms. The van der Waals surface area contributed by atoms with E-state index in [-0.39, 0.29) is 26.3 Å². The van der Waals surface area contributed by atoms with Gasteiger partial charge in [-0.1, -0.05) is 77.4 Å². The van der Waals surface area contributed by atoms with Gasteiger partial charge in [0.05, 0.1) is 5.69 Å². The fourth-order valence-corrected chi connectivity index (χ4v) is 7.49. The number of benzene rings is 4. The van der Waals surface area contributed by atoms with Crippen molar-refractivity contribution in [3.8, 4) is 34.1 Å². The maximum absolute atomic E-state index is 6.65. The van der Waals surface area contributed by atoms with Gasteiger partial charge in [0.1, 0.15) is 5.82 Å². The van der Waals surface area contributed by atoms with Gasteiger partial charge >= 0.3 is 20.4 Å². The van der Waals surface area contributed by atoms with Crippen LogP contribution in [0.5, 0.6) is 11.5 Å². The van der Waals surface area contributed by atoms with E-state index in [2.05, 4.69) is 153 Å². The first kappa shape index (κ1) is 37.3. The van der Waals surface area contributed by atoms with E-state index < -0.39 is 0 Å². The van der Waals surface area contributed by atoms with Gasteiger partial charge in [-0.15, -0.1) is 41.3 Å². The fourth-order valence-electron chi connectivity index (χ4n) is 7.49. The first-order valence-electron chi connectivity index (χ1n) is 18.2. The van der Waals surface area contributed by atoms with Gasteiger partial charge in [0.15, 0.2) is 0 Å². The molecule has 0 unspecified atom stereocenters. The summed E-state index contributed by atoms with van der Waals surface area (Å²) in [6, 6.07) is 33.1. The second-order valence-corrected chi connectivity index (χ2v) is 15.1. The van der Waals surface area contributed by atoms with Crippen LogP contribution in [0.4, 0.5) is 0 Å². The molecule has 0 fully saturated rings. The van der Waals surface area contributed by atoms with E-state index in [1.165, 1.54) is 33.4 Å². The molecule has 3 heterocycles. The van der Waals surface area contributed by atoms with Crippen LogP contribution in [-0.4, -0.2) is 19.3 Å². The Bertz CT molecular complexity index is 2390. The Balaban J connectivity index is 0.00000464. The van der Waals surface area contributed by atoms with Crippen molar-refractivity contribution in [2.75, 3.05) is 0 Å². The van der Waals surface area contributed by atoms with Crippen LogP contribution in [0.2, 0.25) is 0 Å². The van der Waals surface area contributed by atoms with Gasteiger partial charge < -0.3 is 9.30 Å². The molecule has 0 saturated heterocycles. The predicted octanol–water partition coefficient (Wildman–Crippen LogP) is 12.1. The molecule has 3 aromatic heterocycles. The number of ether oxygens (including phenoxy) is 1. The molecule has 0 N–H and O–H groups in total. The van der Waals surface area contributed by atoms with Gasteiger partial charge in [-0.2, -0.15) is 11.2 Å². The van der Waals surface area contributed by atoms with Gasteiger partial charge in [0.25, 0.3) is 0 Å². The molecule has 5 nitrogen and oxygen atoms in total. The third-order valence-corrected chi connectivity index (χ3v) is 9.97. The Labute approximate surface area is 322 Å². The van der Waals surface area contributed by atoms with E-state index in [1.807, 2.05) is 16.9 Å². The molecule has 0 aliphatic rings. The summed E-state index contributed by atoms with van der Waals surface area (Å²) in [5, 5.41) is 7.36. The summed E-state index contributed by atoms with van der Waals surface area (Å²) in [5.41, 5.74) is 13.8. The minimum absolute atomic E-state index is 0. The summed E-state index contributed by atoms with van der Waals surface area (Å²) in [7, 11) is 0. The Morgan fingerprint density at radius 3 is 2.10 bits per heavy atom. The molecule has 268 valence electrons. The van der Waals surface area contributed by atoms with Crippen molar-refractivity contribution in [1.82, 2.24) is 19.3 Å². The number of rotatable bonds is 9. The molecule has 0 saturated carbocycles. The topological polar surface area (TPSA) is 44.9 Å². The van der Waals surface area contributed by atoms with E-state index in [0.29, 0.717) is 23.3 Å². The van der Waals surface area contributed by atoms with Crippen molar-refractivity contribution in [3.05, 3.63) is 130 Å². The number of hydrogen-bond donors (Lipinski definition) is 0. The number of aromatic nitrogens is 4. The largest absolute Gasteiger partial charge is 2.00 e. The number of hydrogen-bond acceptors (Lipinski definition) is 3. The molecular formula is C46H48N4OPd. The molecule has 0 amide bonds. The van der Waals surface area contributed by atoms with E-state index in [4.69, 9.17) is 14.8 Å². The molecule has 4 aromatic carbocycles. The van der Waals surface area contributed by atoms with Crippen LogP contribution in [0.1, 0.15) is 92.6 Å². The number of pyridine rings is 1. The Kier molecular flexibility index (Phi) is 10.6. The van der Waals surface area contributed by atoms with Crippen molar-refractivity contribution in [1.29, 1.82) is 0 Å². The van der Waals surface area contributed by atoms with Crippen molar-refractivity contribution in [2.24, 2.45) is 5.92 Å². The summed E-state index contributed by atoms with van der Waals surface area (Å²) in [6.07, 6.45) is 2.91. The normalized spacial score (nSPS) is 11.7. The summed E-state index contributed by atoms with van der Waals surface area (Å²) < 4.78 is 10.9. The minimum atomic E-state index is 0. The van der Waals surface area contributed by atoms with Crippen molar-refractivity contribution >= 4 is 21.8 Å². The molecule has 7 rings (SSSR count). The van der Waals surface area contributed by atoms with Gasteiger partial charge in [0.2, 0.25) is 0 Å². The Morgan fingerprint density at radius 2 is 1.40 bits per heavy atom. The second-order valence-electron chi connectivity index (χ2n) is 15.1. The van der Waals surface area contributed by atoms with Gasteiger partial charge in [0, 0.05) is 34.5 Å². The monoisotopic (exact) mass is 778 g/mol. The molecule has 0 atom stereocenters. The average Bonchev–Trinajstić information content (AvgIpc) is 3.56. The second kappa shape index (κ2) is 14.9. The first-order valence-corrected chi connectivity index (χ1v) is 18.2. The molecule has 7 aromatic rings. The molecule has 52 heavy (non-hydrogen) atoms. The summed E-state index contributed by atoms with van der Waals surface area (Å²) >= 11 is 0. The van der Waals surface area contributed by atoms with E-state index in [0.717, 1.165) is 56.7 Å². The van der Waals surface area contributed by atoms with E-state index in [9.17, 15) is 0 Å². The van der Waals surface area contributed by atoms with Crippen LogP contribution in [0.3, 0.4) is 0 Å². The zero-order chi connectivity index (χ0) is 36.1. The van der Waals surface area contributed by atoms with Crippen molar-refractivity contribution in [3.63, 3.8) is 0 Å². The smallest absolute Gasteiger partial charge is 0.509 e. The fraction of sp³-hybridized carbons (Fsp3) is 0.304. The maximum Gasteiger partial charge on any atom is 2.00 e. The summed E-state index contributed by atoms with van der Waals surface area (Å²) in [4.78, 5) is 4.83. The molecule has 0 aliphatic heterocycles. The average molecular weight is 779 g/mol. The molecule has 0 aliphatic carbocycles. The summed E-state index contributed by atoms with van der Waals surface area (Å²) in [5.74, 6) is 3.45. The molecule has 6 heteroatoms. The standard InChI is InChI=1S/C46H48N4O.Pd/c1-27(2)19-34-17-18-47-44(22-34)49-42-14-12-11-13-40(42)41-16-15-38(26-43(41)49)51-39-24-36(29(5)6)23-37(25-39)50-33(10)46(32(9)48-50)45-30(7)20-35(28(3)4)21-31(45)8;/h11-18,20-24,27-29H,19H2,1-10H3;/q-2;+2. The van der Waals surface area contributed by atoms with Crippen molar-refractivity contribution < 1.29 is 25.2 Å². The van der Waals surface area contributed by atoms with Gasteiger partial charge in [-0.05, 0) is 109 Å². The zero-order valence-electron chi connectivity index (χ0n) is 32.0. The Morgan fingerprint density at radius 1 is 0.712 bits per heavy atom. The van der Waals surface area contributed by atoms with Crippen LogP contribution >= 0.6 is 0 Å². The number of nitrogens with zero attached hydrogens (tertiary/aromatic N) is 4. The van der Waals surface area contributed by atoms with Crippen LogP contribution in [0, 0.1) is 45.7 Å². The van der Waals surface area contributed by atoms with Crippen LogP contribution in [0.25, 0.3) is 44.4 Å². The minimum Gasteiger partial charge on any atom is -0.509 e. The van der Waals surface area contributed by atoms with Crippen LogP contribution in [-0.2, 0) is 26.8 Å². The number of aryl methyl sites for hydroxylation is 3. The maximum atomic E-state index is 6.65. The zero-order valence-corrected chi connectivity index (χ0v) is 33.5. The van der Waals surface area contributed by atoms with E-state index >= 15 is 0 Å². The number of fused-ring (bicyclic) bond motifs is 3. The molecule has 0 spiro atoms. The first-order chi connectivity index (χ1) is 24.4. The van der Waals surface area contributed by atoms with Crippen LogP contribution < -0.4 is 4.74 Å². The van der Waals surface area contributed by atoms with Gasteiger partial charge in [-0.25, -0.2) is 4.98 Å². The quantitative estimate of drug-likeness (QED) is 0.108. The predicted molar refractivity (Wildman–Crippen MR) is 211 cm³/mol. The summed E-state index contributed by atoms with van der Waals surface area (Å²) in [6.45, 7) is 22.1. The van der Waals surface area contributed by atoms with Gasteiger partial charge in [-0.3, -0.25) is 4.68 Å². The molecule has 0 radical (unpaired) electrons. The SMILES string of the molecule is Cc1cc(C(C)C)cc(C)c1-c1c(C)nn(-c2[c-]c(Oc3[c-]c4c(cc3)c3ccccc3n4-c3cc(CC(C)C)ccn3)cc(C(C)C)c2)c1C.[Pd+2]. The van der Waals surface area contributed by atoms with Crippen molar-refractivity contribution in [2.45, 2.75) is 87.5 Å². The molecular weight excluding hydrogens is 731 g/mol.